The van der Waals surface area contributed by atoms with Gasteiger partial charge in [0.05, 0.1) is 32.8 Å². The van der Waals surface area contributed by atoms with E-state index in [0.717, 1.165) is 77.0 Å². The van der Waals surface area contributed by atoms with Crippen LogP contribution in [0.2, 0.25) is 0 Å². The molecule has 0 fully saturated rings. The third-order valence-corrected chi connectivity index (χ3v) is 9.67. The molecular weight excluding hydrogens is 564 g/mol. The second-order valence-corrected chi connectivity index (χ2v) is 12.1. The van der Waals surface area contributed by atoms with E-state index in [0.29, 0.717) is 0 Å². The van der Waals surface area contributed by atoms with Crippen molar-refractivity contribution in [3.05, 3.63) is 146 Å². The van der Waals surface area contributed by atoms with Gasteiger partial charge in [-0.3, -0.25) is 0 Å². The highest BCUT2D eigenvalue weighted by atomic mass is 16.3. The molecule has 4 nitrogen and oxygen atoms in total. The molecule has 0 atom stereocenters. The largest absolute Gasteiger partial charge is 0.452 e. The number of aromatic nitrogens is 2. The number of para-hydroxylation sites is 4. The highest BCUT2D eigenvalue weighted by molar-refractivity contribution is 6.35. The second kappa shape index (κ2) is 8.68. The lowest BCUT2D eigenvalue weighted by Gasteiger charge is -2.11. The molecule has 11 aromatic rings. The summed E-state index contributed by atoms with van der Waals surface area (Å²) >= 11 is 0. The third kappa shape index (κ3) is 3.03. The minimum atomic E-state index is 0.841. The summed E-state index contributed by atoms with van der Waals surface area (Å²) in [5.41, 5.74) is 14.5. The molecular formula is C42H24N2O2. The molecule has 0 amide bonds. The third-order valence-electron chi connectivity index (χ3n) is 9.67. The summed E-state index contributed by atoms with van der Waals surface area (Å²) in [7, 11) is 0. The van der Waals surface area contributed by atoms with Gasteiger partial charge in [-0.2, -0.15) is 0 Å². The van der Waals surface area contributed by atoms with Crippen LogP contribution in [0.1, 0.15) is 0 Å². The number of hydrogen-bond donors (Lipinski definition) is 0. The summed E-state index contributed by atoms with van der Waals surface area (Å²) in [4.78, 5) is 0. The molecule has 0 unspecified atom stereocenters. The van der Waals surface area contributed by atoms with Crippen molar-refractivity contribution in [3.63, 3.8) is 0 Å². The van der Waals surface area contributed by atoms with Gasteiger partial charge in [0.25, 0.3) is 0 Å². The van der Waals surface area contributed by atoms with Gasteiger partial charge in [-0.25, -0.2) is 0 Å². The molecule has 4 heteroatoms. The SMILES string of the molecule is c1ccc(-c2ccc3c(c2)c2c4oc5ccccc5n5c6ccc(-c7ccccc7)cc6c(c6oc7ccccc7n3c62)c45)cc1. The Kier molecular flexibility index (Phi) is 4.55. The highest BCUT2D eigenvalue weighted by Gasteiger charge is 2.27. The molecule has 0 spiro atoms. The van der Waals surface area contributed by atoms with Crippen LogP contribution >= 0.6 is 0 Å². The van der Waals surface area contributed by atoms with Crippen LogP contribution < -0.4 is 0 Å². The maximum Gasteiger partial charge on any atom is 0.162 e. The minimum Gasteiger partial charge on any atom is -0.452 e. The van der Waals surface area contributed by atoms with Crippen LogP contribution in [-0.2, 0) is 0 Å². The van der Waals surface area contributed by atoms with E-state index in [9.17, 15) is 0 Å². The van der Waals surface area contributed by atoms with E-state index in [1.165, 1.54) is 22.3 Å². The summed E-state index contributed by atoms with van der Waals surface area (Å²) < 4.78 is 18.7. The number of rotatable bonds is 2. The zero-order chi connectivity index (χ0) is 29.9. The van der Waals surface area contributed by atoms with E-state index in [1.807, 2.05) is 12.1 Å². The van der Waals surface area contributed by atoms with Crippen LogP contribution in [0, 0.1) is 0 Å². The molecule has 0 saturated heterocycles. The van der Waals surface area contributed by atoms with Gasteiger partial charge in [0, 0.05) is 10.8 Å². The van der Waals surface area contributed by atoms with Crippen LogP contribution in [0.4, 0.5) is 0 Å². The molecule has 4 aromatic heterocycles. The van der Waals surface area contributed by atoms with Crippen LogP contribution in [0.3, 0.4) is 0 Å². The fourth-order valence-electron chi connectivity index (χ4n) is 7.70. The molecule has 0 saturated carbocycles. The quantitative estimate of drug-likeness (QED) is 0.188. The van der Waals surface area contributed by atoms with Gasteiger partial charge in [0.2, 0.25) is 0 Å². The fraction of sp³-hybridized carbons (Fsp3) is 0. The first kappa shape index (κ1) is 24.1. The van der Waals surface area contributed by atoms with E-state index in [2.05, 4.69) is 142 Å². The van der Waals surface area contributed by atoms with Gasteiger partial charge in [0.15, 0.2) is 22.3 Å². The number of nitrogens with zero attached hydrogens (tertiary/aromatic N) is 2. The normalized spacial score (nSPS) is 12.3. The molecule has 7 aromatic carbocycles. The molecule has 4 heterocycles. The number of hydrogen-bond acceptors (Lipinski definition) is 2. The van der Waals surface area contributed by atoms with Gasteiger partial charge in [-0.05, 0) is 70.8 Å². The Hall–Kier alpha value is -6.26. The monoisotopic (exact) mass is 588 g/mol. The second-order valence-electron chi connectivity index (χ2n) is 12.1. The van der Waals surface area contributed by atoms with Crippen molar-refractivity contribution in [1.29, 1.82) is 0 Å². The summed E-state index contributed by atoms with van der Waals surface area (Å²) in [6, 6.07) is 51.4. The average Bonchev–Trinajstić information content (AvgIpc) is 3.65. The Labute approximate surface area is 261 Å². The first-order valence-corrected chi connectivity index (χ1v) is 15.6. The molecule has 11 rings (SSSR count). The highest BCUT2D eigenvalue weighted by Crippen LogP contribution is 2.48. The Morgan fingerprint density at radius 1 is 0.348 bits per heavy atom. The summed E-state index contributed by atoms with van der Waals surface area (Å²) in [6.07, 6.45) is 0. The van der Waals surface area contributed by atoms with Gasteiger partial charge in [0.1, 0.15) is 11.0 Å². The predicted molar refractivity (Wildman–Crippen MR) is 189 cm³/mol. The standard InChI is InChI=1S/C42H24N2O2/c1-3-11-25(12-4-1)27-19-21-31-29(23-27)37-39-42(46-35-17-9-7-15-33(35)43(31)39)38-30-24-28(26-13-5-2-6-14-26)20-22-32(30)44-34-16-8-10-18-36(34)45-41(37)40(38)44/h1-24H. The van der Waals surface area contributed by atoms with Crippen molar-refractivity contribution in [1.82, 2.24) is 8.80 Å². The average molecular weight is 589 g/mol. The lowest BCUT2D eigenvalue weighted by Crippen LogP contribution is -1.93. The maximum atomic E-state index is 7.00. The summed E-state index contributed by atoms with van der Waals surface area (Å²) in [5, 5.41) is 4.39. The lowest BCUT2D eigenvalue weighted by molar-refractivity contribution is 0.653. The first-order valence-electron chi connectivity index (χ1n) is 15.6. The number of fused-ring (bicyclic) bond motifs is 12. The van der Waals surface area contributed by atoms with Crippen molar-refractivity contribution >= 4 is 77.0 Å². The summed E-state index contributed by atoms with van der Waals surface area (Å²) in [5.74, 6) is 0. The van der Waals surface area contributed by atoms with Crippen LogP contribution in [0.25, 0.3) is 99.2 Å². The predicted octanol–water partition coefficient (Wildman–Crippen LogP) is 11.6. The van der Waals surface area contributed by atoms with Crippen molar-refractivity contribution in [3.8, 4) is 22.3 Å². The zero-order valence-electron chi connectivity index (χ0n) is 24.6. The van der Waals surface area contributed by atoms with E-state index in [-0.39, 0.29) is 0 Å². The van der Waals surface area contributed by atoms with Crippen molar-refractivity contribution in [2.75, 3.05) is 0 Å². The van der Waals surface area contributed by atoms with E-state index in [1.54, 1.807) is 0 Å². The van der Waals surface area contributed by atoms with Crippen LogP contribution in [0.5, 0.6) is 0 Å². The van der Waals surface area contributed by atoms with Crippen molar-refractivity contribution in [2.24, 2.45) is 0 Å². The molecule has 214 valence electrons. The molecule has 0 aliphatic rings. The van der Waals surface area contributed by atoms with Crippen LogP contribution in [0.15, 0.2) is 154 Å². The fourth-order valence-corrected chi connectivity index (χ4v) is 7.70. The lowest BCUT2D eigenvalue weighted by atomic mass is 10.0. The molecule has 0 radical (unpaired) electrons. The molecule has 0 aliphatic carbocycles. The smallest absolute Gasteiger partial charge is 0.162 e. The van der Waals surface area contributed by atoms with Crippen LogP contribution in [-0.4, -0.2) is 8.80 Å². The summed E-state index contributed by atoms with van der Waals surface area (Å²) in [6.45, 7) is 0. The Bertz CT molecular complexity index is 2800. The topological polar surface area (TPSA) is 35.1 Å². The zero-order valence-corrected chi connectivity index (χ0v) is 24.6. The Balaban J connectivity index is 1.45. The Morgan fingerprint density at radius 3 is 1.22 bits per heavy atom. The van der Waals surface area contributed by atoms with Gasteiger partial charge in [-0.15, -0.1) is 0 Å². The first-order chi connectivity index (χ1) is 22.8. The van der Waals surface area contributed by atoms with E-state index in [4.69, 9.17) is 8.83 Å². The van der Waals surface area contributed by atoms with E-state index < -0.39 is 0 Å². The Morgan fingerprint density at radius 2 is 0.761 bits per heavy atom. The maximum absolute atomic E-state index is 7.00. The number of benzene rings is 7. The van der Waals surface area contributed by atoms with Crippen molar-refractivity contribution in [2.45, 2.75) is 0 Å². The molecule has 0 bridgehead atoms. The van der Waals surface area contributed by atoms with E-state index >= 15 is 0 Å². The molecule has 0 aliphatic heterocycles. The molecule has 46 heavy (non-hydrogen) atoms. The van der Waals surface area contributed by atoms with Gasteiger partial charge < -0.3 is 17.6 Å². The van der Waals surface area contributed by atoms with Crippen molar-refractivity contribution < 1.29 is 8.83 Å². The minimum absolute atomic E-state index is 0.841. The van der Waals surface area contributed by atoms with Gasteiger partial charge in [-0.1, -0.05) is 97.1 Å². The molecule has 0 N–H and O–H groups in total. The van der Waals surface area contributed by atoms with Gasteiger partial charge >= 0.3 is 0 Å².